The van der Waals surface area contributed by atoms with E-state index in [0.29, 0.717) is 11.4 Å². The van der Waals surface area contributed by atoms with E-state index >= 15 is 0 Å². The summed E-state index contributed by atoms with van der Waals surface area (Å²) in [6, 6.07) is 10.7. The van der Waals surface area contributed by atoms with Crippen molar-refractivity contribution in [1.82, 2.24) is 0 Å². The number of halogens is 3. The molecule has 20 heavy (non-hydrogen) atoms. The van der Waals surface area contributed by atoms with Gasteiger partial charge in [-0.15, -0.1) is 0 Å². The van der Waals surface area contributed by atoms with Gasteiger partial charge < -0.3 is 5.73 Å². The van der Waals surface area contributed by atoms with Crippen LogP contribution >= 0.6 is 27.5 Å². The molecule has 0 radical (unpaired) electrons. The molecule has 1 unspecified atom stereocenters. The van der Waals surface area contributed by atoms with E-state index in [9.17, 15) is 4.39 Å². The van der Waals surface area contributed by atoms with Crippen LogP contribution in [0.25, 0.3) is 0 Å². The van der Waals surface area contributed by atoms with Gasteiger partial charge in [0.05, 0.1) is 0 Å². The van der Waals surface area contributed by atoms with Crippen LogP contribution in [0.2, 0.25) is 5.02 Å². The zero-order valence-corrected chi connectivity index (χ0v) is 13.1. The number of nitrogens with two attached hydrogens (primary N) is 1. The zero-order chi connectivity index (χ0) is 14.3. The lowest BCUT2D eigenvalue weighted by Crippen LogP contribution is -2.36. The summed E-state index contributed by atoms with van der Waals surface area (Å²) in [5, 5.41) is 0.708. The minimum Gasteiger partial charge on any atom is -0.321 e. The third kappa shape index (κ3) is 2.50. The van der Waals surface area contributed by atoms with Gasteiger partial charge in [0.2, 0.25) is 0 Å². The average molecular weight is 355 g/mol. The van der Waals surface area contributed by atoms with Crippen molar-refractivity contribution in [3.63, 3.8) is 0 Å². The zero-order valence-electron chi connectivity index (χ0n) is 10.8. The van der Waals surface area contributed by atoms with Crippen LogP contribution in [0, 0.1) is 5.82 Å². The quantitative estimate of drug-likeness (QED) is 0.839. The van der Waals surface area contributed by atoms with Crippen molar-refractivity contribution in [3.05, 3.63) is 68.4 Å². The Labute approximate surface area is 131 Å². The fraction of sp³-hybridized carbons (Fsp3) is 0.250. The van der Waals surface area contributed by atoms with Crippen molar-refractivity contribution in [1.29, 1.82) is 0 Å². The summed E-state index contributed by atoms with van der Waals surface area (Å²) in [4.78, 5) is 0. The van der Waals surface area contributed by atoms with Crippen molar-refractivity contribution >= 4 is 27.5 Å². The lowest BCUT2D eigenvalue weighted by molar-refractivity contribution is 0.439. The van der Waals surface area contributed by atoms with Crippen LogP contribution in [0.15, 0.2) is 40.9 Å². The number of rotatable bonds is 2. The lowest BCUT2D eigenvalue weighted by atomic mass is 9.86. The molecule has 2 aromatic carbocycles. The Hall–Kier alpha value is -0.900. The summed E-state index contributed by atoms with van der Waals surface area (Å²) >= 11 is 9.68. The molecule has 1 aliphatic rings. The molecule has 1 aliphatic carbocycles. The summed E-state index contributed by atoms with van der Waals surface area (Å²) < 4.78 is 14.2. The highest BCUT2D eigenvalue weighted by Crippen LogP contribution is 2.39. The number of hydrogen-bond acceptors (Lipinski definition) is 1. The van der Waals surface area contributed by atoms with E-state index in [1.807, 2.05) is 24.3 Å². The molecule has 0 amide bonds. The molecule has 0 aliphatic heterocycles. The first kappa shape index (κ1) is 14.1. The second-order valence-electron chi connectivity index (χ2n) is 5.37. The van der Waals surface area contributed by atoms with Crippen molar-refractivity contribution in [3.8, 4) is 0 Å². The summed E-state index contributed by atoms with van der Waals surface area (Å²) in [7, 11) is 0. The Morgan fingerprint density at radius 3 is 2.80 bits per heavy atom. The van der Waals surface area contributed by atoms with Crippen LogP contribution in [-0.2, 0) is 18.4 Å². The van der Waals surface area contributed by atoms with Gasteiger partial charge in [-0.25, -0.2) is 4.39 Å². The van der Waals surface area contributed by atoms with Crippen LogP contribution in [0.5, 0.6) is 0 Å². The van der Waals surface area contributed by atoms with Crippen LogP contribution in [0.1, 0.15) is 23.1 Å². The van der Waals surface area contributed by atoms with Gasteiger partial charge in [-0.1, -0.05) is 39.7 Å². The van der Waals surface area contributed by atoms with Crippen molar-refractivity contribution < 1.29 is 4.39 Å². The van der Waals surface area contributed by atoms with Gasteiger partial charge in [0.1, 0.15) is 5.82 Å². The molecule has 0 spiro atoms. The molecular formula is C16H14BrClFN. The molecule has 2 aromatic rings. The molecule has 4 heteroatoms. The van der Waals surface area contributed by atoms with Gasteiger partial charge in [0, 0.05) is 15.0 Å². The van der Waals surface area contributed by atoms with E-state index in [-0.39, 0.29) is 5.82 Å². The van der Waals surface area contributed by atoms with Crippen molar-refractivity contribution in [2.45, 2.75) is 24.8 Å². The molecular weight excluding hydrogens is 341 g/mol. The van der Waals surface area contributed by atoms with E-state index in [1.165, 1.54) is 6.07 Å². The number of fused-ring (bicyclic) bond motifs is 1. The molecule has 104 valence electrons. The molecule has 1 atom stereocenters. The average Bonchev–Trinajstić information content (AvgIpc) is 2.70. The van der Waals surface area contributed by atoms with Gasteiger partial charge in [-0.3, -0.25) is 0 Å². The Morgan fingerprint density at radius 1 is 1.25 bits per heavy atom. The summed E-state index contributed by atoms with van der Waals surface area (Å²) in [5.41, 5.74) is 9.19. The van der Waals surface area contributed by atoms with Gasteiger partial charge in [0.15, 0.2) is 0 Å². The van der Waals surface area contributed by atoms with Gasteiger partial charge in [0.25, 0.3) is 0 Å². The second kappa shape index (κ2) is 5.14. The first-order valence-electron chi connectivity index (χ1n) is 6.50. The minimum atomic E-state index is -0.458. The van der Waals surface area contributed by atoms with Gasteiger partial charge in [-0.2, -0.15) is 0 Å². The minimum absolute atomic E-state index is 0.199. The van der Waals surface area contributed by atoms with Crippen LogP contribution in [0.3, 0.4) is 0 Å². The van der Waals surface area contributed by atoms with E-state index in [2.05, 4.69) is 15.9 Å². The number of hydrogen-bond donors (Lipinski definition) is 1. The Morgan fingerprint density at radius 2 is 2.05 bits per heavy atom. The monoisotopic (exact) mass is 353 g/mol. The van der Waals surface area contributed by atoms with E-state index in [1.54, 1.807) is 6.07 Å². The maximum atomic E-state index is 13.3. The molecule has 3 rings (SSSR count). The Bertz CT molecular complexity index is 674. The number of benzene rings is 2. The third-order valence-corrected chi connectivity index (χ3v) is 4.81. The molecule has 0 bridgehead atoms. The molecule has 0 heterocycles. The molecule has 1 nitrogen and oxygen atoms in total. The molecule has 2 N–H and O–H groups in total. The van der Waals surface area contributed by atoms with E-state index < -0.39 is 5.54 Å². The standard InChI is InChI=1S/C16H14BrClFN/c17-12-2-1-11(15(18)8-12)9-16(20)6-5-10-7-13(19)3-4-14(10)16/h1-4,7-8H,5-6,9,20H2. The largest absolute Gasteiger partial charge is 0.321 e. The summed E-state index contributed by atoms with van der Waals surface area (Å²) in [6.07, 6.45) is 2.30. The molecule has 0 saturated heterocycles. The highest BCUT2D eigenvalue weighted by Gasteiger charge is 2.35. The maximum Gasteiger partial charge on any atom is 0.123 e. The van der Waals surface area contributed by atoms with Crippen LogP contribution < -0.4 is 5.73 Å². The fourth-order valence-corrected chi connectivity index (χ4v) is 3.68. The predicted octanol–water partition coefficient (Wildman–Crippen LogP) is 4.58. The lowest BCUT2D eigenvalue weighted by Gasteiger charge is -2.26. The first-order valence-corrected chi connectivity index (χ1v) is 7.67. The predicted molar refractivity (Wildman–Crippen MR) is 83.4 cm³/mol. The third-order valence-electron chi connectivity index (χ3n) is 3.97. The second-order valence-corrected chi connectivity index (χ2v) is 6.69. The molecule has 0 fully saturated rings. The highest BCUT2D eigenvalue weighted by molar-refractivity contribution is 9.10. The van der Waals surface area contributed by atoms with Crippen LogP contribution in [0.4, 0.5) is 4.39 Å². The van der Waals surface area contributed by atoms with Gasteiger partial charge >= 0.3 is 0 Å². The SMILES string of the molecule is NC1(Cc2ccc(Br)cc2Cl)CCc2cc(F)ccc21. The van der Waals surface area contributed by atoms with Crippen molar-refractivity contribution in [2.75, 3.05) is 0 Å². The molecule has 0 aromatic heterocycles. The highest BCUT2D eigenvalue weighted by atomic mass is 79.9. The van der Waals surface area contributed by atoms with E-state index in [4.69, 9.17) is 17.3 Å². The topological polar surface area (TPSA) is 26.0 Å². The normalized spacial score (nSPS) is 21.0. The Kier molecular flexibility index (Phi) is 3.61. The van der Waals surface area contributed by atoms with Crippen LogP contribution in [-0.4, -0.2) is 0 Å². The smallest absolute Gasteiger partial charge is 0.123 e. The molecule has 0 saturated carbocycles. The summed E-state index contributed by atoms with van der Waals surface area (Å²) in [6.45, 7) is 0. The van der Waals surface area contributed by atoms with E-state index in [0.717, 1.165) is 34.0 Å². The summed E-state index contributed by atoms with van der Waals surface area (Å²) in [5.74, 6) is -0.199. The number of aryl methyl sites for hydroxylation is 1. The van der Waals surface area contributed by atoms with Crippen molar-refractivity contribution in [2.24, 2.45) is 5.73 Å². The first-order chi connectivity index (χ1) is 9.48. The fourth-order valence-electron chi connectivity index (χ4n) is 2.94. The maximum absolute atomic E-state index is 13.3. The Balaban J connectivity index is 1.96. The van der Waals surface area contributed by atoms with Gasteiger partial charge in [-0.05, 0) is 60.2 Å².